The first kappa shape index (κ1) is 22.3. The molecule has 164 valence electrons. The van der Waals surface area contributed by atoms with Crippen LogP contribution in [0, 0.1) is 0 Å². The van der Waals surface area contributed by atoms with Crippen LogP contribution in [0.25, 0.3) is 0 Å². The van der Waals surface area contributed by atoms with E-state index in [1.807, 2.05) is 18.2 Å². The number of rotatable bonds is 7. The molecule has 3 rings (SSSR count). The highest BCUT2D eigenvalue weighted by Gasteiger charge is 2.38. The molecule has 30 heavy (non-hydrogen) atoms. The SMILES string of the molecule is CC(=O)N[C@H]1CC[C@](CNC(=O)CCN2CCCC2=O)(c2ccccc2)CC[C@@H]1O. The van der Waals surface area contributed by atoms with Gasteiger partial charge in [-0.3, -0.25) is 14.4 Å². The number of carbonyl (C=O) groups is 3. The first-order valence-electron chi connectivity index (χ1n) is 10.9. The van der Waals surface area contributed by atoms with Gasteiger partial charge in [0.05, 0.1) is 12.1 Å². The molecule has 7 nitrogen and oxygen atoms in total. The molecule has 2 fully saturated rings. The number of amides is 3. The lowest BCUT2D eigenvalue weighted by Crippen LogP contribution is -2.42. The van der Waals surface area contributed by atoms with Crippen molar-refractivity contribution in [3.8, 4) is 0 Å². The molecule has 0 unspecified atom stereocenters. The Balaban J connectivity index is 1.66. The van der Waals surface area contributed by atoms with E-state index in [0.29, 0.717) is 38.8 Å². The Morgan fingerprint density at radius 3 is 2.60 bits per heavy atom. The lowest BCUT2D eigenvalue weighted by Gasteiger charge is -2.34. The zero-order valence-electron chi connectivity index (χ0n) is 17.7. The summed E-state index contributed by atoms with van der Waals surface area (Å²) in [6.45, 7) is 3.14. The largest absolute Gasteiger partial charge is 0.391 e. The van der Waals surface area contributed by atoms with Gasteiger partial charge >= 0.3 is 0 Å². The van der Waals surface area contributed by atoms with Gasteiger partial charge in [0, 0.05) is 44.8 Å². The van der Waals surface area contributed by atoms with Crippen molar-refractivity contribution in [2.24, 2.45) is 0 Å². The highest BCUT2D eigenvalue weighted by molar-refractivity contribution is 5.80. The molecule has 2 aliphatic rings. The minimum atomic E-state index is -0.601. The third-order valence-corrected chi connectivity index (χ3v) is 6.50. The van der Waals surface area contributed by atoms with Gasteiger partial charge in [-0.25, -0.2) is 0 Å². The van der Waals surface area contributed by atoms with Gasteiger partial charge in [-0.15, -0.1) is 0 Å². The van der Waals surface area contributed by atoms with E-state index in [-0.39, 0.29) is 29.2 Å². The van der Waals surface area contributed by atoms with Crippen molar-refractivity contribution in [1.82, 2.24) is 15.5 Å². The maximum Gasteiger partial charge on any atom is 0.222 e. The predicted octanol–water partition coefficient (Wildman–Crippen LogP) is 1.49. The van der Waals surface area contributed by atoms with Crippen molar-refractivity contribution >= 4 is 17.7 Å². The van der Waals surface area contributed by atoms with Crippen LogP contribution in [0.1, 0.15) is 57.4 Å². The minimum Gasteiger partial charge on any atom is -0.391 e. The number of hydrogen-bond donors (Lipinski definition) is 3. The van der Waals surface area contributed by atoms with Crippen LogP contribution in [0.2, 0.25) is 0 Å². The van der Waals surface area contributed by atoms with Crippen LogP contribution in [0.3, 0.4) is 0 Å². The number of aliphatic hydroxyl groups excluding tert-OH is 1. The van der Waals surface area contributed by atoms with Gasteiger partial charge in [-0.05, 0) is 37.7 Å². The van der Waals surface area contributed by atoms with Crippen molar-refractivity contribution in [3.05, 3.63) is 35.9 Å². The fourth-order valence-corrected chi connectivity index (χ4v) is 4.70. The molecule has 0 bridgehead atoms. The Morgan fingerprint density at radius 2 is 1.93 bits per heavy atom. The number of aliphatic hydroxyl groups is 1. The van der Waals surface area contributed by atoms with Gasteiger partial charge < -0.3 is 20.6 Å². The second-order valence-corrected chi connectivity index (χ2v) is 8.61. The van der Waals surface area contributed by atoms with Crippen LogP contribution in [0.15, 0.2) is 30.3 Å². The molecule has 1 aliphatic heterocycles. The molecular weight excluding hydrogens is 382 g/mol. The van der Waals surface area contributed by atoms with Gasteiger partial charge in [-0.2, -0.15) is 0 Å². The van der Waals surface area contributed by atoms with Crippen LogP contribution in [0.4, 0.5) is 0 Å². The van der Waals surface area contributed by atoms with Crippen molar-refractivity contribution < 1.29 is 19.5 Å². The van der Waals surface area contributed by atoms with E-state index in [1.165, 1.54) is 6.92 Å². The van der Waals surface area contributed by atoms with Gasteiger partial charge in [-0.1, -0.05) is 30.3 Å². The van der Waals surface area contributed by atoms with Crippen LogP contribution in [-0.4, -0.2) is 59.5 Å². The summed E-state index contributed by atoms with van der Waals surface area (Å²) in [7, 11) is 0. The zero-order chi connectivity index (χ0) is 21.6. The topological polar surface area (TPSA) is 98.7 Å². The maximum absolute atomic E-state index is 12.5. The Kier molecular flexibility index (Phi) is 7.48. The lowest BCUT2D eigenvalue weighted by atomic mass is 9.74. The Hall–Kier alpha value is -2.41. The van der Waals surface area contributed by atoms with Gasteiger partial charge in [0.2, 0.25) is 17.7 Å². The van der Waals surface area contributed by atoms with Crippen LogP contribution in [-0.2, 0) is 19.8 Å². The van der Waals surface area contributed by atoms with Crippen molar-refractivity contribution in [3.63, 3.8) is 0 Å². The van der Waals surface area contributed by atoms with Crippen LogP contribution < -0.4 is 10.6 Å². The summed E-state index contributed by atoms with van der Waals surface area (Å²) in [5.41, 5.74) is 0.838. The molecule has 7 heteroatoms. The zero-order valence-corrected chi connectivity index (χ0v) is 17.7. The Morgan fingerprint density at radius 1 is 1.20 bits per heavy atom. The standard InChI is InChI=1S/C23H33N3O4/c1-17(27)25-19-9-12-23(13-10-20(19)28,18-6-3-2-4-7-18)16-24-21(29)11-15-26-14-5-8-22(26)30/h2-4,6-7,19-20,28H,5,8-16H2,1H3,(H,24,29)(H,25,27)/t19-,20-,23-/m0/s1. The molecule has 1 aliphatic carbocycles. The summed E-state index contributed by atoms with van der Waals surface area (Å²) in [6, 6.07) is 9.81. The number of hydrogen-bond acceptors (Lipinski definition) is 4. The van der Waals surface area contributed by atoms with Crippen molar-refractivity contribution in [2.75, 3.05) is 19.6 Å². The molecule has 3 N–H and O–H groups in total. The molecule has 1 saturated heterocycles. The van der Waals surface area contributed by atoms with E-state index in [4.69, 9.17) is 0 Å². The van der Waals surface area contributed by atoms with Gasteiger partial charge in [0.1, 0.15) is 0 Å². The fourth-order valence-electron chi connectivity index (χ4n) is 4.70. The molecule has 1 aromatic rings. The monoisotopic (exact) mass is 415 g/mol. The normalized spacial score (nSPS) is 26.9. The Labute approximate surface area is 178 Å². The highest BCUT2D eigenvalue weighted by atomic mass is 16.3. The number of benzene rings is 1. The molecule has 3 amide bonds. The van der Waals surface area contributed by atoms with E-state index >= 15 is 0 Å². The quantitative estimate of drug-likeness (QED) is 0.588. The van der Waals surface area contributed by atoms with Gasteiger partial charge in [0.25, 0.3) is 0 Å². The molecule has 1 heterocycles. The predicted molar refractivity (Wildman–Crippen MR) is 114 cm³/mol. The summed E-state index contributed by atoms with van der Waals surface area (Å²) >= 11 is 0. The maximum atomic E-state index is 12.5. The van der Waals surface area contributed by atoms with Gasteiger partial charge in [0.15, 0.2) is 0 Å². The first-order chi connectivity index (χ1) is 14.4. The van der Waals surface area contributed by atoms with Crippen LogP contribution >= 0.6 is 0 Å². The third kappa shape index (κ3) is 5.59. The summed E-state index contributed by atoms with van der Waals surface area (Å²) in [5, 5.41) is 16.5. The third-order valence-electron chi connectivity index (χ3n) is 6.50. The second-order valence-electron chi connectivity index (χ2n) is 8.61. The molecule has 0 radical (unpaired) electrons. The molecular formula is C23H33N3O4. The second kappa shape index (κ2) is 10.1. The van der Waals surface area contributed by atoms with E-state index < -0.39 is 6.10 Å². The summed E-state index contributed by atoms with van der Waals surface area (Å²) < 4.78 is 0. The summed E-state index contributed by atoms with van der Waals surface area (Å²) in [4.78, 5) is 37.5. The molecule has 1 aromatic carbocycles. The first-order valence-corrected chi connectivity index (χ1v) is 10.9. The lowest BCUT2D eigenvalue weighted by molar-refractivity contribution is -0.128. The molecule has 1 saturated carbocycles. The van der Waals surface area contributed by atoms with E-state index in [0.717, 1.165) is 31.4 Å². The average molecular weight is 416 g/mol. The summed E-state index contributed by atoms with van der Waals surface area (Å²) in [5.74, 6) is -0.0745. The van der Waals surface area contributed by atoms with Crippen LogP contribution in [0.5, 0.6) is 0 Å². The number of likely N-dealkylation sites (tertiary alicyclic amines) is 1. The minimum absolute atomic E-state index is 0.0618. The van der Waals surface area contributed by atoms with Crippen molar-refractivity contribution in [1.29, 1.82) is 0 Å². The van der Waals surface area contributed by atoms with E-state index in [2.05, 4.69) is 22.8 Å². The summed E-state index contributed by atoms with van der Waals surface area (Å²) in [6.07, 6.45) is 3.82. The Bertz CT molecular complexity index is 754. The van der Waals surface area contributed by atoms with E-state index in [9.17, 15) is 19.5 Å². The average Bonchev–Trinajstić information content (AvgIpc) is 3.08. The highest BCUT2D eigenvalue weighted by Crippen LogP contribution is 2.38. The van der Waals surface area contributed by atoms with Crippen molar-refractivity contribution in [2.45, 2.75) is 69.4 Å². The fraction of sp³-hybridized carbons (Fsp3) is 0.609. The smallest absolute Gasteiger partial charge is 0.222 e. The van der Waals surface area contributed by atoms with E-state index in [1.54, 1.807) is 4.90 Å². The molecule has 3 atom stereocenters. The number of nitrogens with one attached hydrogen (secondary N) is 2. The number of carbonyl (C=O) groups excluding carboxylic acids is 3. The molecule has 0 aromatic heterocycles. The number of nitrogens with zero attached hydrogens (tertiary/aromatic N) is 1. The molecule has 0 spiro atoms.